The van der Waals surface area contributed by atoms with Crippen molar-refractivity contribution in [2.45, 2.75) is 6.92 Å². The van der Waals surface area contributed by atoms with E-state index in [0.717, 1.165) is 32.7 Å². The molecule has 0 radical (unpaired) electrons. The maximum atomic E-state index is 12.9. The second-order valence-electron chi connectivity index (χ2n) is 4.58. The van der Waals surface area contributed by atoms with Crippen LogP contribution < -0.4 is 0 Å². The van der Waals surface area contributed by atoms with Crippen molar-refractivity contribution in [3.05, 3.63) is 64.5 Å². The topological polar surface area (TPSA) is 28.7 Å². The predicted molar refractivity (Wildman–Crippen MR) is 81.9 cm³/mol. The van der Waals surface area contributed by atoms with Crippen LogP contribution in [0.25, 0.3) is 22.6 Å². The van der Waals surface area contributed by atoms with E-state index in [9.17, 15) is 4.39 Å². The largest absolute Gasteiger partial charge is 0.338 e. The number of hydrogen-bond donors (Lipinski definition) is 1. The zero-order valence-corrected chi connectivity index (χ0v) is 12.4. The molecule has 4 heteroatoms. The summed E-state index contributed by atoms with van der Waals surface area (Å²) in [6.07, 6.45) is 1.77. The van der Waals surface area contributed by atoms with Gasteiger partial charge in [0.1, 0.15) is 11.6 Å². The third-order valence-electron chi connectivity index (χ3n) is 3.19. The molecule has 20 heavy (non-hydrogen) atoms. The predicted octanol–water partition coefficient (Wildman–Crippen LogP) is 4.95. The number of benzene rings is 2. The molecule has 0 aliphatic carbocycles. The highest BCUT2D eigenvalue weighted by atomic mass is 79.9. The molecule has 0 bridgehead atoms. The first-order valence-electron chi connectivity index (χ1n) is 6.21. The lowest BCUT2D eigenvalue weighted by atomic mass is 10.1. The molecule has 2 aromatic carbocycles. The molecular weight excluding hydrogens is 319 g/mol. The number of hydrogen-bond acceptors (Lipinski definition) is 1. The number of aromatic amines is 1. The molecule has 0 unspecified atom stereocenters. The second-order valence-corrected chi connectivity index (χ2v) is 5.44. The summed E-state index contributed by atoms with van der Waals surface area (Å²) >= 11 is 3.55. The number of H-pyrrole nitrogens is 1. The molecule has 3 rings (SSSR count). The Morgan fingerprint density at radius 2 is 1.85 bits per heavy atom. The van der Waals surface area contributed by atoms with Gasteiger partial charge >= 0.3 is 0 Å². The molecule has 0 saturated heterocycles. The molecule has 100 valence electrons. The van der Waals surface area contributed by atoms with E-state index < -0.39 is 0 Å². The van der Waals surface area contributed by atoms with Crippen LogP contribution in [0.1, 0.15) is 5.56 Å². The first-order chi connectivity index (χ1) is 9.65. The number of nitrogens with zero attached hydrogens (tertiary/aromatic N) is 1. The summed E-state index contributed by atoms with van der Waals surface area (Å²) in [6.45, 7) is 2.04. The summed E-state index contributed by atoms with van der Waals surface area (Å²) in [5, 5.41) is 0. The highest BCUT2D eigenvalue weighted by Gasteiger charge is 2.11. The summed E-state index contributed by atoms with van der Waals surface area (Å²) in [5.74, 6) is 0.560. The van der Waals surface area contributed by atoms with Gasteiger partial charge in [-0.05, 0) is 48.4 Å². The SMILES string of the molecule is Cc1cccc(Br)c1-c1ncc(-c2ccc(F)cc2)[nH]1. The van der Waals surface area contributed by atoms with Gasteiger partial charge in [-0.15, -0.1) is 0 Å². The van der Waals surface area contributed by atoms with Crippen molar-refractivity contribution in [3.63, 3.8) is 0 Å². The van der Waals surface area contributed by atoms with Crippen LogP contribution in [-0.4, -0.2) is 9.97 Å². The van der Waals surface area contributed by atoms with Crippen LogP contribution >= 0.6 is 15.9 Å². The van der Waals surface area contributed by atoms with Crippen molar-refractivity contribution in [2.24, 2.45) is 0 Å². The number of halogens is 2. The van der Waals surface area contributed by atoms with Crippen molar-refractivity contribution in [1.82, 2.24) is 9.97 Å². The van der Waals surface area contributed by atoms with Gasteiger partial charge in [-0.2, -0.15) is 0 Å². The Balaban J connectivity index is 2.04. The molecule has 1 N–H and O–H groups in total. The minimum absolute atomic E-state index is 0.241. The fourth-order valence-electron chi connectivity index (χ4n) is 2.16. The Morgan fingerprint density at radius 1 is 1.10 bits per heavy atom. The third kappa shape index (κ3) is 2.39. The summed E-state index contributed by atoms with van der Waals surface area (Å²) in [4.78, 5) is 7.71. The van der Waals surface area contributed by atoms with Crippen LogP contribution in [0.4, 0.5) is 4.39 Å². The van der Waals surface area contributed by atoms with Gasteiger partial charge in [0.25, 0.3) is 0 Å². The molecule has 1 aromatic heterocycles. The first-order valence-corrected chi connectivity index (χ1v) is 7.01. The molecule has 0 saturated carbocycles. The lowest BCUT2D eigenvalue weighted by molar-refractivity contribution is 0.628. The molecule has 0 atom stereocenters. The molecule has 2 nitrogen and oxygen atoms in total. The molecule has 1 heterocycles. The fraction of sp³-hybridized carbons (Fsp3) is 0.0625. The van der Waals surface area contributed by atoms with E-state index in [0.29, 0.717) is 0 Å². The molecule has 3 aromatic rings. The van der Waals surface area contributed by atoms with Crippen LogP contribution in [0.5, 0.6) is 0 Å². The van der Waals surface area contributed by atoms with Gasteiger partial charge in [0.2, 0.25) is 0 Å². The van der Waals surface area contributed by atoms with Crippen molar-refractivity contribution in [1.29, 1.82) is 0 Å². The number of aromatic nitrogens is 2. The Labute approximate surface area is 124 Å². The standard InChI is InChI=1S/C16H12BrFN2/c1-10-3-2-4-13(17)15(10)16-19-9-14(20-16)11-5-7-12(18)8-6-11/h2-9H,1H3,(H,19,20). The Morgan fingerprint density at radius 3 is 2.55 bits per heavy atom. The van der Waals surface area contributed by atoms with Gasteiger partial charge in [-0.1, -0.05) is 28.1 Å². The maximum Gasteiger partial charge on any atom is 0.139 e. The highest BCUT2D eigenvalue weighted by Crippen LogP contribution is 2.30. The van der Waals surface area contributed by atoms with E-state index in [1.54, 1.807) is 18.3 Å². The molecule has 0 amide bonds. The Hall–Kier alpha value is -1.94. The smallest absolute Gasteiger partial charge is 0.139 e. The normalized spacial score (nSPS) is 10.8. The summed E-state index contributed by atoms with van der Waals surface area (Å²) < 4.78 is 13.9. The Bertz CT molecular complexity index is 727. The van der Waals surface area contributed by atoms with Crippen LogP contribution in [0.3, 0.4) is 0 Å². The van der Waals surface area contributed by atoms with E-state index in [-0.39, 0.29) is 5.82 Å². The number of imidazole rings is 1. The van der Waals surface area contributed by atoms with Crippen molar-refractivity contribution in [2.75, 3.05) is 0 Å². The minimum Gasteiger partial charge on any atom is -0.338 e. The summed E-state index contributed by atoms with van der Waals surface area (Å²) in [5.41, 5.74) is 3.96. The van der Waals surface area contributed by atoms with Crippen molar-refractivity contribution in [3.8, 4) is 22.6 Å². The average molecular weight is 331 g/mol. The van der Waals surface area contributed by atoms with E-state index >= 15 is 0 Å². The minimum atomic E-state index is -0.241. The maximum absolute atomic E-state index is 12.9. The second kappa shape index (κ2) is 5.21. The lowest BCUT2D eigenvalue weighted by Gasteiger charge is -2.05. The zero-order valence-electron chi connectivity index (χ0n) is 10.8. The highest BCUT2D eigenvalue weighted by molar-refractivity contribution is 9.10. The first kappa shape index (κ1) is 13.1. The van der Waals surface area contributed by atoms with E-state index in [4.69, 9.17) is 0 Å². The van der Waals surface area contributed by atoms with Gasteiger partial charge in [0.15, 0.2) is 0 Å². The number of nitrogens with one attached hydrogen (secondary N) is 1. The molecule has 0 spiro atoms. The molecule has 0 aliphatic heterocycles. The quantitative estimate of drug-likeness (QED) is 0.707. The Kier molecular flexibility index (Phi) is 3.40. The van der Waals surface area contributed by atoms with Gasteiger partial charge in [-0.25, -0.2) is 9.37 Å². The van der Waals surface area contributed by atoms with Gasteiger partial charge in [0, 0.05) is 10.0 Å². The monoisotopic (exact) mass is 330 g/mol. The van der Waals surface area contributed by atoms with Gasteiger partial charge in [0.05, 0.1) is 11.9 Å². The van der Waals surface area contributed by atoms with Crippen LogP contribution in [0.2, 0.25) is 0 Å². The van der Waals surface area contributed by atoms with Crippen molar-refractivity contribution < 1.29 is 4.39 Å². The molecule has 0 aliphatic rings. The van der Waals surface area contributed by atoms with E-state index in [1.165, 1.54) is 12.1 Å². The summed E-state index contributed by atoms with van der Waals surface area (Å²) in [7, 11) is 0. The van der Waals surface area contributed by atoms with Crippen molar-refractivity contribution >= 4 is 15.9 Å². The van der Waals surface area contributed by atoms with E-state index in [1.807, 2.05) is 25.1 Å². The fourth-order valence-corrected chi connectivity index (χ4v) is 2.81. The third-order valence-corrected chi connectivity index (χ3v) is 3.85. The zero-order chi connectivity index (χ0) is 14.1. The van der Waals surface area contributed by atoms with Crippen LogP contribution in [0, 0.1) is 12.7 Å². The van der Waals surface area contributed by atoms with E-state index in [2.05, 4.69) is 25.9 Å². The number of rotatable bonds is 2. The molecular formula is C16H12BrFN2. The lowest BCUT2D eigenvalue weighted by Crippen LogP contribution is -1.87. The van der Waals surface area contributed by atoms with Gasteiger partial charge in [-0.3, -0.25) is 0 Å². The number of aryl methyl sites for hydroxylation is 1. The average Bonchev–Trinajstić information content (AvgIpc) is 2.89. The molecule has 0 fully saturated rings. The van der Waals surface area contributed by atoms with Crippen LogP contribution in [-0.2, 0) is 0 Å². The summed E-state index contributed by atoms with van der Waals surface area (Å²) in [6, 6.07) is 12.4. The van der Waals surface area contributed by atoms with Crippen LogP contribution in [0.15, 0.2) is 53.1 Å². The van der Waals surface area contributed by atoms with Gasteiger partial charge < -0.3 is 4.98 Å².